The van der Waals surface area contributed by atoms with E-state index >= 15 is 0 Å². The predicted molar refractivity (Wildman–Crippen MR) is 130 cm³/mol. The Kier molecular flexibility index (Phi) is 7.42. The van der Waals surface area contributed by atoms with Crippen LogP contribution in [0.25, 0.3) is 17.0 Å². The van der Waals surface area contributed by atoms with Gasteiger partial charge in [0.15, 0.2) is 6.61 Å². The maximum atomic E-state index is 12.8. The van der Waals surface area contributed by atoms with Gasteiger partial charge in [-0.3, -0.25) is 9.78 Å². The van der Waals surface area contributed by atoms with E-state index < -0.39 is 22.6 Å². The predicted octanol–water partition coefficient (Wildman–Crippen LogP) is 2.33. The lowest BCUT2D eigenvalue weighted by Crippen LogP contribution is -2.51. The number of methoxy groups -OCH3 is 1. The standard InChI is InChI=1S/C25H25N3O6S/c1-33-21-8-10-22(11-9-21)35(31,32)28-16-14-27(15-17-28)23(29)18-34-24(30)12-7-20-5-2-4-19-6-3-13-26-25(19)20/h2-13H,14-18H2,1H3/b12-7+. The highest BCUT2D eigenvalue weighted by Gasteiger charge is 2.30. The van der Waals surface area contributed by atoms with Gasteiger partial charge in [0.05, 0.1) is 17.5 Å². The Morgan fingerprint density at radius 2 is 1.71 bits per heavy atom. The first-order valence-electron chi connectivity index (χ1n) is 11.0. The lowest BCUT2D eigenvalue weighted by Gasteiger charge is -2.33. The van der Waals surface area contributed by atoms with Gasteiger partial charge >= 0.3 is 5.97 Å². The van der Waals surface area contributed by atoms with Crippen LogP contribution in [0.1, 0.15) is 5.56 Å². The molecule has 0 bridgehead atoms. The van der Waals surface area contributed by atoms with Gasteiger partial charge in [0.25, 0.3) is 5.91 Å². The molecule has 0 spiro atoms. The number of esters is 1. The molecule has 0 aliphatic carbocycles. The van der Waals surface area contributed by atoms with Crippen molar-refractivity contribution < 1.29 is 27.5 Å². The number of amides is 1. The molecule has 0 radical (unpaired) electrons. The van der Waals surface area contributed by atoms with Crippen molar-refractivity contribution >= 4 is 38.9 Å². The summed E-state index contributed by atoms with van der Waals surface area (Å²) in [6, 6.07) is 15.6. The lowest BCUT2D eigenvalue weighted by atomic mass is 10.1. The van der Waals surface area contributed by atoms with E-state index in [0.717, 1.165) is 16.5 Å². The van der Waals surface area contributed by atoms with Crippen molar-refractivity contribution in [3.8, 4) is 5.75 Å². The number of hydrogen-bond acceptors (Lipinski definition) is 7. The molecule has 1 amide bonds. The van der Waals surface area contributed by atoms with E-state index in [1.807, 2.05) is 30.3 Å². The number of hydrogen-bond donors (Lipinski definition) is 0. The van der Waals surface area contributed by atoms with E-state index in [1.54, 1.807) is 24.4 Å². The van der Waals surface area contributed by atoms with E-state index in [-0.39, 0.29) is 37.0 Å². The van der Waals surface area contributed by atoms with Crippen LogP contribution in [0.15, 0.2) is 71.8 Å². The van der Waals surface area contributed by atoms with Crippen LogP contribution in [-0.4, -0.2) is 74.4 Å². The van der Waals surface area contributed by atoms with E-state index in [1.165, 1.54) is 34.5 Å². The van der Waals surface area contributed by atoms with E-state index in [4.69, 9.17) is 9.47 Å². The van der Waals surface area contributed by atoms with E-state index in [2.05, 4.69) is 4.98 Å². The molecule has 1 fully saturated rings. The Labute approximate surface area is 203 Å². The van der Waals surface area contributed by atoms with Gasteiger partial charge in [0.1, 0.15) is 5.75 Å². The molecular formula is C25H25N3O6S. The Hall–Kier alpha value is -3.76. The van der Waals surface area contributed by atoms with Crippen molar-refractivity contribution in [1.29, 1.82) is 0 Å². The average Bonchev–Trinajstić information content (AvgIpc) is 2.90. The zero-order chi connectivity index (χ0) is 24.8. The zero-order valence-corrected chi connectivity index (χ0v) is 20.0. The number of rotatable bonds is 7. The molecule has 1 saturated heterocycles. The third-order valence-corrected chi connectivity index (χ3v) is 7.60. The third-order valence-electron chi connectivity index (χ3n) is 5.69. The van der Waals surface area contributed by atoms with Crippen molar-refractivity contribution in [2.45, 2.75) is 4.90 Å². The summed E-state index contributed by atoms with van der Waals surface area (Å²) in [6.07, 6.45) is 4.54. The molecule has 0 saturated carbocycles. The summed E-state index contributed by atoms with van der Waals surface area (Å²) >= 11 is 0. The smallest absolute Gasteiger partial charge is 0.331 e. The van der Waals surface area contributed by atoms with Crippen LogP contribution < -0.4 is 4.74 Å². The maximum absolute atomic E-state index is 12.8. The number of piperazine rings is 1. The van der Waals surface area contributed by atoms with Crippen LogP contribution >= 0.6 is 0 Å². The normalized spacial score (nSPS) is 14.8. The quantitative estimate of drug-likeness (QED) is 0.366. The van der Waals surface area contributed by atoms with Crippen LogP contribution in [0, 0.1) is 0 Å². The molecule has 4 rings (SSSR count). The fourth-order valence-electron chi connectivity index (χ4n) is 3.77. The second-order valence-electron chi connectivity index (χ2n) is 7.82. The summed E-state index contributed by atoms with van der Waals surface area (Å²) < 4.78 is 37.2. The fraction of sp³-hybridized carbons (Fsp3) is 0.240. The second-order valence-corrected chi connectivity index (χ2v) is 9.76. The fourth-order valence-corrected chi connectivity index (χ4v) is 5.19. The summed E-state index contributed by atoms with van der Waals surface area (Å²) in [5, 5.41) is 0.950. The molecular weight excluding hydrogens is 470 g/mol. The number of pyridine rings is 1. The van der Waals surface area contributed by atoms with Crippen LogP contribution in [-0.2, 0) is 24.3 Å². The first kappa shape index (κ1) is 24.4. The number of ether oxygens (including phenoxy) is 2. The number of para-hydroxylation sites is 1. The summed E-state index contributed by atoms with van der Waals surface area (Å²) in [5.41, 5.74) is 1.53. The number of sulfonamides is 1. The number of nitrogens with zero attached hydrogens (tertiary/aromatic N) is 3. The molecule has 2 aromatic carbocycles. The highest BCUT2D eigenvalue weighted by molar-refractivity contribution is 7.89. The van der Waals surface area contributed by atoms with E-state index in [9.17, 15) is 18.0 Å². The van der Waals surface area contributed by atoms with Gasteiger partial charge in [-0.1, -0.05) is 24.3 Å². The zero-order valence-electron chi connectivity index (χ0n) is 19.2. The van der Waals surface area contributed by atoms with Gasteiger partial charge in [-0.2, -0.15) is 4.31 Å². The molecule has 0 N–H and O–H groups in total. The molecule has 3 aromatic rings. The minimum absolute atomic E-state index is 0.155. The summed E-state index contributed by atoms with van der Waals surface area (Å²) in [6.45, 7) is 0.318. The van der Waals surface area contributed by atoms with Gasteiger partial charge in [-0.25, -0.2) is 13.2 Å². The minimum atomic E-state index is -3.67. The molecule has 1 aromatic heterocycles. The number of aromatic nitrogens is 1. The minimum Gasteiger partial charge on any atom is -0.497 e. The maximum Gasteiger partial charge on any atom is 0.331 e. The molecule has 10 heteroatoms. The number of carbonyl (C=O) groups excluding carboxylic acids is 2. The highest BCUT2D eigenvalue weighted by atomic mass is 32.2. The highest BCUT2D eigenvalue weighted by Crippen LogP contribution is 2.21. The Morgan fingerprint density at radius 1 is 1.00 bits per heavy atom. The number of benzene rings is 2. The molecule has 2 heterocycles. The first-order valence-corrected chi connectivity index (χ1v) is 12.4. The monoisotopic (exact) mass is 495 g/mol. The van der Waals surface area contributed by atoms with Gasteiger partial charge in [-0.15, -0.1) is 0 Å². The Balaban J connectivity index is 1.28. The van der Waals surface area contributed by atoms with Gasteiger partial charge in [0, 0.05) is 49.4 Å². The molecule has 35 heavy (non-hydrogen) atoms. The van der Waals surface area contributed by atoms with Crippen molar-refractivity contribution in [2.24, 2.45) is 0 Å². The molecule has 182 valence electrons. The van der Waals surface area contributed by atoms with Crippen molar-refractivity contribution in [3.63, 3.8) is 0 Å². The van der Waals surface area contributed by atoms with Gasteiger partial charge < -0.3 is 14.4 Å². The SMILES string of the molecule is COc1ccc(S(=O)(=O)N2CCN(C(=O)COC(=O)/C=C/c3cccc4cccnc34)CC2)cc1. The first-order chi connectivity index (χ1) is 16.9. The summed E-state index contributed by atoms with van der Waals surface area (Å²) in [4.78, 5) is 30.6. The van der Waals surface area contributed by atoms with Crippen LogP contribution in [0.5, 0.6) is 5.75 Å². The van der Waals surface area contributed by atoms with Crippen molar-refractivity contribution in [2.75, 3.05) is 39.9 Å². The molecule has 1 aliphatic heterocycles. The third kappa shape index (κ3) is 5.67. The van der Waals surface area contributed by atoms with Gasteiger partial charge in [-0.05, 0) is 36.4 Å². The number of carbonyl (C=O) groups is 2. The van der Waals surface area contributed by atoms with E-state index in [0.29, 0.717) is 5.75 Å². The Morgan fingerprint density at radius 3 is 2.43 bits per heavy atom. The van der Waals surface area contributed by atoms with Crippen molar-refractivity contribution in [3.05, 3.63) is 72.4 Å². The molecule has 9 nitrogen and oxygen atoms in total. The van der Waals surface area contributed by atoms with Gasteiger partial charge in [0.2, 0.25) is 10.0 Å². The second kappa shape index (κ2) is 10.7. The lowest BCUT2D eigenvalue weighted by molar-refractivity contribution is -0.148. The average molecular weight is 496 g/mol. The molecule has 1 aliphatic rings. The summed E-state index contributed by atoms with van der Waals surface area (Å²) in [5.74, 6) is -0.454. The largest absolute Gasteiger partial charge is 0.497 e. The van der Waals surface area contributed by atoms with Crippen LogP contribution in [0.4, 0.5) is 0 Å². The Bertz CT molecular complexity index is 1340. The molecule has 0 unspecified atom stereocenters. The topological polar surface area (TPSA) is 106 Å². The molecule has 0 atom stereocenters. The number of fused-ring (bicyclic) bond motifs is 1. The summed E-state index contributed by atoms with van der Waals surface area (Å²) in [7, 11) is -2.16. The van der Waals surface area contributed by atoms with Crippen LogP contribution in [0.3, 0.4) is 0 Å². The van der Waals surface area contributed by atoms with Crippen LogP contribution in [0.2, 0.25) is 0 Å². The van der Waals surface area contributed by atoms with Crippen molar-refractivity contribution in [1.82, 2.24) is 14.2 Å².